The van der Waals surface area contributed by atoms with Crippen LogP contribution >= 0.6 is 11.6 Å². The molecule has 3 aromatic rings. The van der Waals surface area contributed by atoms with E-state index in [2.05, 4.69) is 32.7 Å². The number of amides is 1. The lowest BCUT2D eigenvalue weighted by Crippen LogP contribution is -2.33. The first-order valence-corrected chi connectivity index (χ1v) is 9.75. The van der Waals surface area contributed by atoms with Crippen molar-refractivity contribution in [3.63, 3.8) is 0 Å². The number of nitrogens with zero attached hydrogens (tertiary/aromatic N) is 3. The first-order valence-electron chi connectivity index (χ1n) is 9.37. The highest BCUT2D eigenvalue weighted by molar-refractivity contribution is 6.29. The van der Waals surface area contributed by atoms with Crippen molar-refractivity contribution in [1.82, 2.24) is 14.5 Å². The fourth-order valence-electron chi connectivity index (χ4n) is 3.34. The van der Waals surface area contributed by atoms with Gasteiger partial charge in [-0.05, 0) is 55.1 Å². The van der Waals surface area contributed by atoms with E-state index in [0.29, 0.717) is 29.9 Å². The van der Waals surface area contributed by atoms with E-state index < -0.39 is 0 Å². The minimum Gasteiger partial charge on any atom is -0.334 e. The zero-order valence-electron chi connectivity index (χ0n) is 16.3. The number of aromatic nitrogens is 2. The van der Waals surface area contributed by atoms with Gasteiger partial charge in [-0.3, -0.25) is 4.79 Å². The number of halogens is 1. The van der Waals surface area contributed by atoms with Gasteiger partial charge in [-0.25, -0.2) is 4.98 Å². The quantitative estimate of drug-likeness (QED) is 0.558. The van der Waals surface area contributed by atoms with Gasteiger partial charge in [0, 0.05) is 24.7 Å². The van der Waals surface area contributed by atoms with Crippen molar-refractivity contribution in [1.29, 1.82) is 0 Å². The standard InChI is InChI=1S/C22H26ClN3O/c1-15(2)13-25(14-17-8-6-5-7-9-17)21(27)18-10-11-20-19(12-18)24-22(23)26(20)16(3)4/h5-12,15-16H,13-14H2,1-4H3. The van der Waals surface area contributed by atoms with Crippen LogP contribution in [-0.4, -0.2) is 26.9 Å². The zero-order valence-corrected chi connectivity index (χ0v) is 17.1. The maximum Gasteiger partial charge on any atom is 0.254 e. The second-order valence-electron chi connectivity index (χ2n) is 7.61. The van der Waals surface area contributed by atoms with Gasteiger partial charge in [-0.15, -0.1) is 0 Å². The van der Waals surface area contributed by atoms with Crippen molar-refractivity contribution in [3.8, 4) is 0 Å². The van der Waals surface area contributed by atoms with Crippen LogP contribution in [0.2, 0.25) is 5.28 Å². The van der Waals surface area contributed by atoms with E-state index in [1.165, 1.54) is 0 Å². The summed E-state index contributed by atoms with van der Waals surface area (Å²) in [5.74, 6) is 0.403. The monoisotopic (exact) mass is 383 g/mol. The van der Waals surface area contributed by atoms with E-state index in [9.17, 15) is 4.79 Å². The summed E-state index contributed by atoms with van der Waals surface area (Å²) >= 11 is 6.29. The van der Waals surface area contributed by atoms with Gasteiger partial charge in [0.25, 0.3) is 5.91 Å². The maximum absolute atomic E-state index is 13.2. The summed E-state index contributed by atoms with van der Waals surface area (Å²) in [4.78, 5) is 19.6. The van der Waals surface area contributed by atoms with Crippen LogP contribution in [0.3, 0.4) is 0 Å². The number of hydrogen-bond donors (Lipinski definition) is 0. The summed E-state index contributed by atoms with van der Waals surface area (Å²) in [6, 6.07) is 16.0. The van der Waals surface area contributed by atoms with Crippen LogP contribution in [0.25, 0.3) is 11.0 Å². The summed E-state index contributed by atoms with van der Waals surface area (Å²) in [5, 5.41) is 0.452. The van der Waals surface area contributed by atoms with Crippen LogP contribution in [0.15, 0.2) is 48.5 Å². The topological polar surface area (TPSA) is 38.1 Å². The van der Waals surface area contributed by atoms with Crippen molar-refractivity contribution < 1.29 is 4.79 Å². The molecule has 0 saturated carbocycles. The van der Waals surface area contributed by atoms with E-state index >= 15 is 0 Å². The van der Waals surface area contributed by atoms with Gasteiger partial charge in [-0.1, -0.05) is 44.2 Å². The molecule has 4 nitrogen and oxygen atoms in total. The Balaban J connectivity index is 1.93. The van der Waals surface area contributed by atoms with E-state index in [1.807, 2.05) is 58.0 Å². The molecule has 142 valence electrons. The molecule has 1 aromatic heterocycles. The molecule has 0 fully saturated rings. The van der Waals surface area contributed by atoms with Gasteiger partial charge in [0.1, 0.15) is 0 Å². The van der Waals surface area contributed by atoms with Gasteiger partial charge in [0.15, 0.2) is 0 Å². The molecule has 0 bridgehead atoms. The molecule has 0 aliphatic rings. The molecule has 0 aliphatic carbocycles. The maximum atomic E-state index is 13.2. The summed E-state index contributed by atoms with van der Waals surface area (Å²) < 4.78 is 1.97. The number of imidazole rings is 1. The molecular weight excluding hydrogens is 358 g/mol. The Bertz CT molecular complexity index is 931. The number of fused-ring (bicyclic) bond motifs is 1. The molecule has 0 aliphatic heterocycles. The van der Waals surface area contributed by atoms with Gasteiger partial charge >= 0.3 is 0 Å². The highest BCUT2D eigenvalue weighted by atomic mass is 35.5. The molecule has 2 aromatic carbocycles. The van der Waals surface area contributed by atoms with Crippen LogP contribution in [-0.2, 0) is 6.54 Å². The normalized spacial score (nSPS) is 11.5. The van der Waals surface area contributed by atoms with Gasteiger partial charge in [-0.2, -0.15) is 0 Å². The van der Waals surface area contributed by atoms with Crippen molar-refractivity contribution >= 4 is 28.5 Å². The Labute approximate surface area is 165 Å². The Kier molecular flexibility index (Phi) is 5.85. The second kappa shape index (κ2) is 8.13. The largest absolute Gasteiger partial charge is 0.334 e. The number of carbonyl (C=O) groups excluding carboxylic acids is 1. The molecule has 3 rings (SSSR count). The van der Waals surface area contributed by atoms with Crippen molar-refractivity contribution in [2.45, 2.75) is 40.3 Å². The smallest absolute Gasteiger partial charge is 0.254 e. The average molecular weight is 384 g/mol. The van der Waals surface area contributed by atoms with E-state index in [1.54, 1.807) is 0 Å². The molecule has 0 atom stereocenters. The molecule has 5 heteroatoms. The lowest BCUT2D eigenvalue weighted by molar-refractivity contribution is 0.0723. The van der Waals surface area contributed by atoms with E-state index in [-0.39, 0.29) is 11.9 Å². The van der Waals surface area contributed by atoms with Gasteiger partial charge < -0.3 is 9.47 Å². The van der Waals surface area contributed by atoms with Crippen LogP contribution in [0.1, 0.15) is 49.7 Å². The Morgan fingerprint density at radius 3 is 2.44 bits per heavy atom. The van der Waals surface area contributed by atoms with E-state index in [4.69, 9.17) is 11.6 Å². The molecule has 0 N–H and O–H groups in total. The van der Waals surface area contributed by atoms with Crippen molar-refractivity contribution in [2.75, 3.05) is 6.54 Å². The minimum absolute atomic E-state index is 0.0182. The predicted molar refractivity (Wildman–Crippen MR) is 111 cm³/mol. The second-order valence-corrected chi connectivity index (χ2v) is 7.95. The highest BCUT2D eigenvalue weighted by Crippen LogP contribution is 2.25. The van der Waals surface area contributed by atoms with Crippen molar-refractivity contribution in [3.05, 3.63) is 64.9 Å². The lowest BCUT2D eigenvalue weighted by atomic mass is 10.1. The molecule has 27 heavy (non-hydrogen) atoms. The first-order chi connectivity index (χ1) is 12.9. The number of carbonyl (C=O) groups is 1. The summed E-state index contributed by atoms with van der Waals surface area (Å²) in [5.41, 5.74) is 3.47. The van der Waals surface area contributed by atoms with Crippen LogP contribution in [0.5, 0.6) is 0 Å². The van der Waals surface area contributed by atoms with Crippen LogP contribution in [0.4, 0.5) is 0 Å². The van der Waals surface area contributed by atoms with E-state index in [0.717, 1.165) is 16.6 Å². The van der Waals surface area contributed by atoms with Crippen LogP contribution in [0, 0.1) is 5.92 Å². The summed E-state index contributed by atoms with van der Waals surface area (Å²) in [6.07, 6.45) is 0. The highest BCUT2D eigenvalue weighted by Gasteiger charge is 2.19. The molecule has 1 amide bonds. The average Bonchev–Trinajstić information content (AvgIpc) is 2.96. The third-order valence-electron chi connectivity index (χ3n) is 4.50. The number of rotatable bonds is 6. The first kappa shape index (κ1) is 19.4. The Hall–Kier alpha value is -2.33. The molecule has 0 spiro atoms. The summed E-state index contributed by atoms with van der Waals surface area (Å²) in [7, 11) is 0. The fraction of sp³-hybridized carbons (Fsp3) is 0.364. The fourth-order valence-corrected chi connectivity index (χ4v) is 3.72. The lowest BCUT2D eigenvalue weighted by Gasteiger charge is -2.25. The van der Waals surface area contributed by atoms with Gasteiger partial charge in [0.05, 0.1) is 11.0 Å². The SMILES string of the molecule is CC(C)CN(Cc1ccccc1)C(=O)c1ccc2c(c1)nc(Cl)n2C(C)C. The Morgan fingerprint density at radius 1 is 1.11 bits per heavy atom. The number of hydrogen-bond acceptors (Lipinski definition) is 2. The zero-order chi connectivity index (χ0) is 19.6. The summed E-state index contributed by atoms with van der Waals surface area (Å²) in [6.45, 7) is 9.67. The van der Waals surface area contributed by atoms with Gasteiger partial charge in [0.2, 0.25) is 5.28 Å². The van der Waals surface area contributed by atoms with Crippen LogP contribution < -0.4 is 0 Å². The molecule has 0 saturated heterocycles. The third kappa shape index (κ3) is 4.33. The molecule has 1 heterocycles. The molecule has 0 unspecified atom stereocenters. The predicted octanol–water partition coefficient (Wildman–Crippen LogP) is 5.57. The number of benzene rings is 2. The molecule has 0 radical (unpaired) electrons. The molecular formula is C22H26ClN3O. The van der Waals surface area contributed by atoms with Crippen molar-refractivity contribution in [2.24, 2.45) is 5.92 Å². The third-order valence-corrected chi connectivity index (χ3v) is 4.77. The Morgan fingerprint density at radius 2 is 1.81 bits per heavy atom. The minimum atomic E-state index is 0.0182.